The minimum Gasteiger partial charge on any atom is -0.493 e. The molecule has 8 heteroatoms. The van der Waals surface area contributed by atoms with Gasteiger partial charge in [0.1, 0.15) is 5.82 Å². The van der Waals surface area contributed by atoms with Gasteiger partial charge < -0.3 is 29.5 Å². The van der Waals surface area contributed by atoms with Gasteiger partial charge in [-0.2, -0.15) is 0 Å². The molecule has 0 saturated carbocycles. The third-order valence-electron chi connectivity index (χ3n) is 6.53. The van der Waals surface area contributed by atoms with Crippen molar-refractivity contribution in [2.24, 2.45) is 5.92 Å². The van der Waals surface area contributed by atoms with E-state index in [1.807, 2.05) is 12.1 Å². The van der Waals surface area contributed by atoms with E-state index in [0.717, 1.165) is 53.8 Å². The van der Waals surface area contributed by atoms with Crippen molar-refractivity contribution in [2.75, 3.05) is 52.2 Å². The average Bonchev–Trinajstić information content (AvgIpc) is 2.91. The quantitative estimate of drug-likeness (QED) is 0.397. The molecule has 4 rings (SSSR count). The minimum atomic E-state index is 0.218. The van der Waals surface area contributed by atoms with Crippen LogP contribution >= 0.6 is 11.8 Å². The molecule has 1 aromatic heterocycles. The highest BCUT2D eigenvalue weighted by Crippen LogP contribution is 2.38. The predicted octanol–water partition coefficient (Wildman–Crippen LogP) is 4.48. The predicted molar refractivity (Wildman–Crippen MR) is 142 cm³/mol. The van der Waals surface area contributed by atoms with E-state index in [1.165, 1.54) is 4.90 Å². The number of hydrogen-bond donors (Lipinski definition) is 2. The fourth-order valence-corrected chi connectivity index (χ4v) is 5.13. The molecule has 0 bridgehead atoms. The third kappa shape index (κ3) is 5.77. The molecule has 2 aromatic carbocycles. The molecule has 1 fully saturated rings. The van der Waals surface area contributed by atoms with Gasteiger partial charge in [0, 0.05) is 48.6 Å². The van der Waals surface area contributed by atoms with Crippen LogP contribution in [0.3, 0.4) is 0 Å². The van der Waals surface area contributed by atoms with Crippen LogP contribution < -0.4 is 24.4 Å². The molecule has 1 saturated heterocycles. The van der Waals surface area contributed by atoms with Crippen molar-refractivity contribution in [3.8, 4) is 17.2 Å². The van der Waals surface area contributed by atoms with E-state index in [-0.39, 0.29) is 6.61 Å². The number of aliphatic hydroxyl groups excluding tert-OH is 1. The van der Waals surface area contributed by atoms with Gasteiger partial charge in [0.25, 0.3) is 0 Å². The third-order valence-corrected chi connectivity index (χ3v) is 7.25. The molecule has 35 heavy (non-hydrogen) atoms. The van der Waals surface area contributed by atoms with Crippen LogP contribution in [-0.4, -0.2) is 57.4 Å². The molecule has 1 aliphatic rings. The molecule has 1 atom stereocenters. The molecule has 3 aromatic rings. The zero-order chi connectivity index (χ0) is 24.8. The number of thioether (sulfide) groups is 1. The summed E-state index contributed by atoms with van der Waals surface area (Å²) >= 11 is 1.72. The van der Waals surface area contributed by atoms with Crippen LogP contribution in [0.15, 0.2) is 41.3 Å². The number of ether oxygens (including phenoxy) is 3. The summed E-state index contributed by atoms with van der Waals surface area (Å²) in [6.07, 6.45) is 4.21. The highest BCUT2D eigenvalue weighted by molar-refractivity contribution is 7.98. The Morgan fingerprint density at radius 1 is 1.06 bits per heavy atom. The number of nitrogens with one attached hydrogen (secondary N) is 1. The lowest BCUT2D eigenvalue weighted by molar-refractivity contribution is 0.208. The van der Waals surface area contributed by atoms with Crippen LogP contribution in [0.5, 0.6) is 17.2 Å². The van der Waals surface area contributed by atoms with Gasteiger partial charge in [0.15, 0.2) is 11.5 Å². The van der Waals surface area contributed by atoms with Crippen molar-refractivity contribution in [3.63, 3.8) is 0 Å². The largest absolute Gasteiger partial charge is 0.493 e. The topological polar surface area (TPSA) is 76.1 Å². The maximum Gasteiger partial charge on any atom is 0.203 e. The summed E-state index contributed by atoms with van der Waals surface area (Å²) in [5.41, 5.74) is 3.20. The summed E-state index contributed by atoms with van der Waals surface area (Å²) < 4.78 is 16.4. The van der Waals surface area contributed by atoms with E-state index in [4.69, 9.17) is 19.2 Å². The smallest absolute Gasteiger partial charge is 0.203 e. The normalized spacial score (nSPS) is 15.9. The van der Waals surface area contributed by atoms with E-state index in [1.54, 1.807) is 33.1 Å². The van der Waals surface area contributed by atoms with Crippen molar-refractivity contribution in [2.45, 2.75) is 30.8 Å². The van der Waals surface area contributed by atoms with Crippen molar-refractivity contribution in [1.29, 1.82) is 0 Å². The zero-order valence-corrected chi connectivity index (χ0v) is 21.8. The maximum atomic E-state index is 9.76. The molecule has 7 nitrogen and oxygen atoms in total. The minimum absolute atomic E-state index is 0.218. The molecule has 0 aliphatic carbocycles. The van der Waals surface area contributed by atoms with Gasteiger partial charge in [-0.25, -0.2) is 4.98 Å². The first kappa shape index (κ1) is 25.4. The fraction of sp³-hybridized carbons (Fsp3) is 0.444. The zero-order valence-electron chi connectivity index (χ0n) is 21.0. The number of piperidine rings is 1. The van der Waals surface area contributed by atoms with Gasteiger partial charge >= 0.3 is 0 Å². The lowest BCUT2D eigenvalue weighted by Gasteiger charge is -2.34. The number of rotatable bonds is 10. The van der Waals surface area contributed by atoms with Crippen molar-refractivity contribution < 1.29 is 19.3 Å². The molecule has 188 valence electrons. The van der Waals surface area contributed by atoms with Crippen LogP contribution in [0.2, 0.25) is 0 Å². The summed E-state index contributed by atoms with van der Waals surface area (Å²) in [6, 6.07) is 12.6. The van der Waals surface area contributed by atoms with Crippen molar-refractivity contribution in [3.05, 3.63) is 47.5 Å². The molecule has 0 radical (unpaired) electrons. The van der Waals surface area contributed by atoms with E-state index in [9.17, 15) is 5.11 Å². The van der Waals surface area contributed by atoms with Gasteiger partial charge in [0.2, 0.25) is 5.75 Å². The maximum absolute atomic E-state index is 9.76. The standard InChI is InChI=1S/C27H35N3O4S/c1-32-24-10-19(11-25(33-2)26(24)34-3)14-28-15-21-12-20-7-8-22(35-4)13-23(20)29-27(21)30-9-5-6-18(16-30)17-31/h7-8,10-13,18,28,31H,5-6,9,14-17H2,1-4H3. The highest BCUT2D eigenvalue weighted by Gasteiger charge is 2.23. The average molecular weight is 498 g/mol. The number of aliphatic hydroxyl groups is 1. The van der Waals surface area contributed by atoms with E-state index in [2.05, 4.69) is 40.7 Å². The molecular weight excluding hydrogens is 462 g/mol. The van der Waals surface area contributed by atoms with Gasteiger partial charge in [-0.15, -0.1) is 11.8 Å². The second kappa shape index (κ2) is 11.8. The van der Waals surface area contributed by atoms with Gasteiger partial charge in [-0.05, 0) is 60.9 Å². The van der Waals surface area contributed by atoms with E-state index in [0.29, 0.717) is 36.3 Å². The fourth-order valence-electron chi connectivity index (χ4n) is 4.70. The van der Waals surface area contributed by atoms with Crippen LogP contribution in [0.1, 0.15) is 24.0 Å². The molecule has 2 N–H and O–H groups in total. The molecule has 2 heterocycles. The molecule has 1 unspecified atom stereocenters. The Kier molecular flexibility index (Phi) is 8.59. The second-order valence-electron chi connectivity index (χ2n) is 8.80. The molecule has 1 aliphatic heterocycles. The number of aromatic nitrogens is 1. The number of methoxy groups -OCH3 is 3. The Bertz CT molecular complexity index is 1130. The SMILES string of the molecule is COc1cc(CNCc2cc3ccc(SC)cc3nc2N2CCCC(CO)C2)cc(OC)c1OC. The molecule has 0 spiro atoms. The number of fused-ring (bicyclic) bond motifs is 1. The van der Waals surface area contributed by atoms with E-state index < -0.39 is 0 Å². The summed E-state index contributed by atoms with van der Waals surface area (Å²) in [6.45, 7) is 3.31. The highest BCUT2D eigenvalue weighted by atomic mass is 32.2. The number of hydrogen-bond acceptors (Lipinski definition) is 8. The Hall–Kier alpha value is -2.68. The lowest BCUT2D eigenvalue weighted by atomic mass is 9.98. The van der Waals surface area contributed by atoms with Gasteiger partial charge in [-0.1, -0.05) is 6.07 Å². The summed E-state index contributed by atoms with van der Waals surface area (Å²) in [5.74, 6) is 3.17. The Morgan fingerprint density at radius 2 is 1.83 bits per heavy atom. The number of benzene rings is 2. The molecular formula is C27H35N3O4S. The van der Waals surface area contributed by atoms with Gasteiger partial charge in [-0.3, -0.25) is 0 Å². The summed E-state index contributed by atoms with van der Waals surface area (Å²) in [7, 11) is 4.86. The number of pyridine rings is 1. The van der Waals surface area contributed by atoms with Crippen molar-refractivity contribution >= 4 is 28.5 Å². The second-order valence-corrected chi connectivity index (χ2v) is 9.68. The summed E-state index contributed by atoms with van der Waals surface area (Å²) in [4.78, 5) is 8.66. The van der Waals surface area contributed by atoms with Crippen LogP contribution in [0.4, 0.5) is 5.82 Å². The lowest BCUT2D eigenvalue weighted by Crippen LogP contribution is -2.38. The Balaban J connectivity index is 1.60. The Labute approximate surface area is 211 Å². The monoisotopic (exact) mass is 497 g/mol. The van der Waals surface area contributed by atoms with Crippen LogP contribution in [-0.2, 0) is 13.1 Å². The van der Waals surface area contributed by atoms with Crippen LogP contribution in [0, 0.1) is 5.92 Å². The number of anilines is 1. The number of nitrogens with zero attached hydrogens (tertiary/aromatic N) is 2. The van der Waals surface area contributed by atoms with E-state index >= 15 is 0 Å². The van der Waals surface area contributed by atoms with Crippen LogP contribution in [0.25, 0.3) is 10.9 Å². The first-order chi connectivity index (χ1) is 17.1. The molecule has 0 amide bonds. The first-order valence-electron chi connectivity index (χ1n) is 11.9. The first-order valence-corrected chi connectivity index (χ1v) is 13.2. The van der Waals surface area contributed by atoms with Gasteiger partial charge in [0.05, 0.1) is 26.8 Å². The summed E-state index contributed by atoms with van der Waals surface area (Å²) in [5, 5.41) is 14.5. The van der Waals surface area contributed by atoms with Crippen molar-refractivity contribution in [1.82, 2.24) is 10.3 Å². The Morgan fingerprint density at radius 3 is 2.49 bits per heavy atom.